The van der Waals surface area contributed by atoms with Gasteiger partial charge in [0.25, 0.3) is 0 Å². The molecule has 0 atom stereocenters. The molecule has 0 aromatic heterocycles. The summed E-state index contributed by atoms with van der Waals surface area (Å²) in [5.74, 6) is 0. The van der Waals surface area contributed by atoms with E-state index in [2.05, 4.69) is 0 Å². The summed E-state index contributed by atoms with van der Waals surface area (Å²) in [4.78, 5) is 0.210. The van der Waals surface area contributed by atoms with E-state index in [-0.39, 0.29) is 4.90 Å². The Balaban J connectivity index is 2.44. The van der Waals surface area contributed by atoms with Crippen LogP contribution >= 0.6 is 0 Å². The van der Waals surface area contributed by atoms with Gasteiger partial charge in [-0.05, 0) is 25.0 Å². The van der Waals surface area contributed by atoms with E-state index in [9.17, 15) is 13.6 Å². The molecule has 0 N–H and O–H groups in total. The number of hydrogen-bond donors (Lipinski definition) is 0. The van der Waals surface area contributed by atoms with Gasteiger partial charge in [0.1, 0.15) is 0 Å². The highest BCUT2D eigenvalue weighted by atomic mass is 32.2. The zero-order valence-electron chi connectivity index (χ0n) is 13.4. The number of hydroxylamine groups is 1. The summed E-state index contributed by atoms with van der Waals surface area (Å²) >= 11 is 0. The standard InChI is InChI=1S/C16H24N2O3S/c1-16(2,3)18(19)13-14-9-5-6-10-15(14)22(20,21)17-11-7-4-8-12-17/h5-6,9-10,13H,4,7-8,11-12H2,1-3H3. The van der Waals surface area contributed by atoms with Gasteiger partial charge in [0, 0.05) is 33.9 Å². The normalized spacial score (nSPS) is 18.4. The van der Waals surface area contributed by atoms with E-state index in [4.69, 9.17) is 0 Å². The molecular formula is C16H24N2O3S. The topological polar surface area (TPSA) is 63.5 Å². The summed E-state index contributed by atoms with van der Waals surface area (Å²) < 4.78 is 28.0. The molecule has 1 heterocycles. The Morgan fingerprint density at radius 2 is 1.73 bits per heavy atom. The Kier molecular flexibility index (Phi) is 4.92. The molecule has 1 saturated heterocycles. The molecule has 0 radical (unpaired) electrons. The van der Waals surface area contributed by atoms with Crippen LogP contribution in [0.3, 0.4) is 0 Å². The van der Waals surface area contributed by atoms with E-state index >= 15 is 0 Å². The van der Waals surface area contributed by atoms with Crippen molar-refractivity contribution in [2.75, 3.05) is 13.1 Å². The van der Waals surface area contributed by atoms with Crippen LogP contribution in [-0.2, 0) is 10.0 Å². The Morgan fingerprint density at radius 3 is 2.32 bits per heavy atom. The number of piperidine rings is 1. The Hall–Kier alpha value is -1.40. The van der Waals surface area contributed by atoms with Gasteiger partial charge >= 0.3 is 0 Å². The van der Waals surface area contributed by atoms with Crippen molar-refractivity contribution in [1.29, 1.82) is 0 Å². The molecule has 1 aromatic rings. The summed E-state index contributed by atoms with van der Waals surface area (Å²) in [6.07, 6.45) is 4.22. The maximum Gasteiger partial charge on any atom is 0.243 e. The zero-order chi connectivity index (χ0) is 16.4. The van der Waals surface area contributed by atoms with Crippen LogP contribution in [0.5, 0.6) is 0 Å². The van der Waals surface area contributed by atoms with E-state index in [0.717, 1.165) is 24.0 Å². The molecule has 0 saturated carbocycles. The molecule has 1 aliphatic rings. The van der Waals surface area contributed by atoms with E-state index in [1.807, 2.05) is 0 Å². The van der Waals surface area contributed by atoms with E-state index in [0.29, 0.717) is 18.7 Å². The van der Waals surface area contributed by atoms with Crippen LogP contribution in [0.1, 0.15) is 45.6 Å². The fourth-order valence-electron chi connectivity index (χ4n) is 2.39. The second-order valence-electron chi connectivity index (χ2n) is 6.63. The number of hydrogen-bond acceptors (Lipinski definition) is 3. The van der Waals surface area contributed by atoms with Crippen LogP contribution in [0.2, 0.25) is 0 Å². The minimum absolute atomic E-state index is 0.210. The summed E-state index contributed by atoms with van der Waals surface area (Å²) in [7, 11) is -3.55. The number of nitrogens with zero attached hydrogens (tertiary/aromatic N) is 2. The van der Waals surface area contributed by atoms with Crippen LogP contribution in [0.25, 0.3) is 0 Å². The SMILES string of the molecule is CC(C)(C)[N+]([O-])=Cc1ccccc1S(=O)(=O)N1CCCCC1. The van der Waals surface area contributed by atoms with Gasteiger partial charge in [-0.25, -0.2) is 13.2 Å². The lowest BCUT2D eigenvalue weighted by molar-refractivity contribution is -0.530. The third-order valence-electron chi connectivity index (χ3n) is 3.77. The zero-order valence-corrected chi connectivity index (χ0v) is 14.3. The van der Waals surface area contributed by atoms with Gasteiger partial charge in [0.2, 0.25) is 10.0 Å². The van der Waals surface area contributed by atoms with Gasteiger partial charge in [-0.15, -0.1) is 0 Å². The highest BCUT2D eigenvalue weighted by molar-refractivity contribution is 7.89. The van der Waals surface area contributed by atoms with Crippen molar-refractivity contribution in [3.8, 4) is 0 Å². The lowest BCUT2D eigenvalue weighted by Gasteiger charge is -2.26. The van der Waals surface area contributed by atoms with Gasteiger partial charge in [0.15, 0.2) is 11.8 Å². The summed E-state index contributed by atoms with van der Waals surface area (Å²) in [6.45, 7) is 6.48. The average molecular weight is 324 g/mol. The van der Waals surface area contributed by atoms with Gasteiger partial charge < -0.3 is 5.21 Å². The van der Waals surface area contributed by atoms with Crippen molar-refractivity contribution in [3.05, 3.63) is 35.0 Å². The van der Waals surface area contributed by atoms with E-state index in [1.165, 1.54) is 10.5 Å². The summed E-state index contributed by atoms with van der Waals surface area (Å²) in [6, 6.07) is 6.69. The molecular weight excluding hydrogens is 300 g/mol. The molecule has 0 unspecified atom stereocenters. The second kappa shape index (κ2) is 6.38. The van der Waals surface area contributed by atoms with Crippen LogP contribution in [0.4, 0.5) is 0 Å². The molecule has 6 heteroatoms. The Bertz CT molecular complexity index is 654. The Morgan fingerprint density at radius 1 is 1.14 bits per heavy atom. The molecule has 0 amide bonds. The number of benzene rings is 1. The van der Waals surface area contributed by atoms with Crippen LogP contribution in [-0.4, -0.2) is 42.3 Å². The molecule has 0 spiro atoms. The van der Waals surface area contributed by atoms with Crippen molar-refractivity contribution >= 4 is 16.2 Å². The number of rotatable bonds is 3. The van der Waals surface area contributed by atoms with Crippen LogP contribution in [0, 0.1) is 5.21 Å². The molecule has 22 heavy (non-hydrogen) atoms. The van der Waals surface area contributed by atoms with Gasteiger partial charge in [0.05, 0.1) is 10.5 Å². The van der Waals surface area contributed by atoms with Crippen molar-refractivity contribution in [3.63, 3.8) is 0 Å². The molecule has 122 valence electrons. The van der Waals surface area contributed by atoms with Crippen LogP contribution < -0.4 is 0 Å². The maximum absolute atomic E-state index is 12.8. The lowest BCUT2D eigenvalue weighted by atomic mass is 10.1. The maximum atomic E-state index is 12.8. The summed E-state index contributed by atoms with van der Waals surface area (Å²) in [5, 5.41) is 12.1. The molecule has 5 nitrogen and oxygen atoms in total. The minimum atomic E-state index is -3.55. The highest BCUT2D eigenvalue weighted by Crippen LogP contribution is 2.23. The van der Waals surface area contributed by atoms with Gasteiger partial charge in [-0.1, -0.05) is 18.6 Å². The first kappa shape index (κ1) is 17.0. The third-order valence-corrected chi connectivity index (χ3v) is 5.74. The summed E-state index contributed by atoms with van der Waals surface area (Å²) in [5.41, 5.74) is -0.167. The quantitative estimate of drug-likeness (QED) is 0.371. The number of sulfonamides is 1. The fourth-order valence-corrected chi connectivity index (χ4v) is 4.07. The monoisotopic (exact) mass is 324 g/mol. The fraction of sp³-hybridized carbons (Fsp3) is 0.562. The molecule has 0 bridgehead atoms. The van der Waals surface area contributed by atoms with Crippen molar-refractivity contribution < 1.29 is 13.2 Å². The van der Waals surface area contributed by atoms with E-state index in [1.54, 1.807) is 45.0 Å². The van der Waals surface area contributed by atoms with Crippen molar-refractivity contribution in [1.82, 2.24) is 4.31 Å². The Labute approximate surface area is 132 Å². The second-order valence-corrected chi connectivity index (χ2v) is 8.53. The highest BCUT2D eigenvalue weighted by Gasteiger charge is 2.29. The molecule has 1 aromatic carbocycles. The molecule has 1 aliphatic heterocycles. The largest absolute Gasteiger partial charge is 0.623 e. The molecule has 2 rings (SSSR count). The smallest absolute Gasteiger partial charge is 0.243 e. The van der Waals surface area contributed by atoms with Gasteiger partial charge in [-0.2, -0.15) is 4.31 Å². The van der Waals surface area contributed by atoms with E-state index < -0.39 is 15.6 Å². The van der Waals surface area contributed by atoms with Crippen LogP contribution in [0.15, 0.2) is 29.2 Å². The predicted molar refractivity (Wildman–Crippen MR) is 87.6 cm³/mol. The minimum Gasteiger partial charge on any atom is -0.623 e. The predicted octanol–water partition coefficient (Wildman–Crippen LogP) is 2.59. The average Bonchev–Trinajstić information content (AvgIpc) is 2.47. The first-order valence-corrected chi connectivity index (χ1v) is 9.07. The van der Waals surface area contributed by atoms with Gasteiger partial charge in [-0.3, -0.25) is 0 Å². The molecule has 0 aliphatic carbocycles. The third kappa shape index (κ3) is 3.67. The van der Waals surface area contributed by atoms with Crippen molar-refractivity contribution in [2.45, 2.75) is 50.5 Å². The molecule has 1 fully saturated rings. The first-order chi connectivity index (χ1) is 10.2. The lowest BCUT2D eigenvalue weighted by Crippen LogP contribution is -2.36. The van der Waals surface area contributed by atoms with Crippen molar-refractivity contribution in [2.24, 2.45) is 0 Å². The first-order valence-electron chi connectivity index (χ1n) is 7.63.